The van der Waals surface area contributed by atoms with Crippen LogP contribution in [0.3, 0.4) is 0 Å². The molecule has 1 N–H and O–H groups in total. The number of carbonyl (C=O) groups is 1. The lowest BCUT2D eigenvalue weighted by Crippen LogP contribution is -2.30. The van der Waals surface area contributed by atoms with Gasteiger partial charge >= 0.3 is 0 Å². The molecular weight excluding hydrogens is 460 g/mol. The smallest absolute Gasteiger partial charge is 0.258 e. The molecule has 8 heteroatoms. The number of H-pyrrole nitrogens is 1. The van der Waals surface area contributed by atoms with E-state index in [2.05, 4.69) is 9.97 Å². The Morgan fingerprint density at radius 1 is 1.00 bits per heavy atom. The van der Waals surface area contributed by atoms with Crippen molar-refractivity contribution in [2.24, 2.45) is 0 Å². The molecule has 35 heavy (non-hydrogen) atoms. The zero-order valence-electron chi connectivity index (χ0n) is 19.2. The maximum atomic E-state index is 13.4. The highest BCUT2D eigenvalue weighted by molar-refractivity contribution is 7.22. The van der Waals surface area contributed by atoms with Gasteiger partial charge in [-0.2, -0.15) is 0 Å². The van der Waals surface area contributed by atoms with E-state index in [-0.39, 0.29) is 11.5 Å². The molecule has 0 radical (unpaired) electrons. The van der Waals surface area contributed by atoms with E-state index in [9.17, 15) is 9.59 Å². The predicted molar refractivity (Wildman–Crippen MR) is 139 cm³/mol. The summed E-state index contributed by atoms with van der Waals surface area (Å²) in [6, 6.07) is 22.8. The highest BCUT2D eigenvalue weighted by atomic mass is 32.1. The van der Waals surface area contributed by atoms with Gasteiger partial charge < -0.3 is 9.72 Å². The number of methoxy groups -OCH3 is 1. The molecule has 0 fully saturated rings. The van der Waals surface area contributed by atoms with E-state index in [0.29, 0.717) is 47.7 Å². The fourth-order valence-corrected chi connectivity index (χ4v) is 4.97. The molecule has 1 amide bonds. The van der Waals surface area contributed by atoms with E-state index in [1.54, 1.807) is 18.1 Å². The molecule has 0 saturated carbocycles. The SMILES string of the molecule is COc1ccc2nc(N(Cc3ccccc3)C(=O)CCCc3nc4ccccc4c(=O)[nH]3)sc2c1. The van der Waals surface area contributed by atoms with Crippen LogP contribution in [0.25, 0.3) is 21.1 Å². The molecule has 0 unspecified atom stereocenters. The highest BCUT2D eigenvalue weighted by Gasteiger charge is 2.20. The fraction of sp³-hybridized carbons (Fsp3) is 0.185. The Kier molecular flexibility index (Phi) is 6.54. The maximum absolute atomic E-state index is 13.4. The van der Waals surface area contributed by atoms with Gasteiger partial charge in [-0.05, 0) is 42.3 Å². The number of rotatable bonds is 8. The minimum atomic E-state index is -0.160. The average molecular weight is 485 g/mol. The summed E-state index contributed by atoms with van der Waals surface area (Å²) in [4.78, 5) is 39.6. The second-order valence-electron chi connectivity index (χ2n) is 8.18. The van der Waals surface area contributed by atoms with Crippen molar-refractivity contribution in [3.05, 3.63) is 94.5 Å². The van der Waals surface area contributed by atoms with Crippen molar-refractivity contribution in [2.45, 2.75) is 25.8 Å². The monoisotopic (exact) mass is 484 g/mol. The first kappa shape index (κ1) is 22.7. The lowest BCUT2D eigenvalue weighted by molar-refractivity contribution is -0.118. The molecule has 0 aliphatic rings. The number of hydrogen-bond acceptors (Lipinski definition) is 6. The average Bonchev–Trinajstić information content (AvgIpc) is 3.31. The van der Waals surface area contributed by atoms with Crippen LogP contribution in [0.2, 0.25) is 0 Å². The number of hydrogen-bond donors (Lipinski definition) is 1. The predicted octanol–water partition coefficient (Wildman–Crippen LogP) is 5.10. The number of amides is 1. The molecule has 7 nitrogen and oxygen atoms in total. The van der Waals surface area contributed by atoms with Gasteiger partial charge in [0.25, 0.3) is 5.56 Å². The second-order valence-corrected chi connectivity index (χ2v) is 9.19. The number of aromatic nitrogens is 3. The molecule has 2 heterocycles. The number of nitrogens with zero attached hydrogens (tertiary/aromatic N) is 3. The molecule has 0 aliphatic carbocycles. The van der Waals surface area contributed by atoms with Crippen LogP contribution >= 0.6 is 11.3 Å². The summed E-state index contributed by atoms with van der Waals surface area (Å²) >= 11 is 1.47. The summed E-state index contributed by atoms with van der Waals surface area (Å²) in [5.41, 5.74) is 2.36. The number of ether oxygens (including phenoxy) is 1. The largest absolute Gasteiger partial charge is 0.497 e. The third-order valence-electron chi connectivity index (χ3n) is 5.77. The van der Waals surface area contributed by atoms with Crippen LogP contribution in [0.4, 0.5) is 5.13 Å². The molecule has 0 atom stereocenters. The number of nitrogens with one attached hydrogen (secondary N) is 1. The molecule has 0 spiro atoms. The zero-order chi connectivity index (χ0) is 24.2. The van der Waals surface area contributed by atoms with Crippen LogP contribution in [0, 0.1) is 0 Å². The molecule has 0 bridgehead atoms. The number of aryl methyl sites for hydroxylation is 1. The Bertz CT molecular complexity index is 1540. The topological polar surface area (TPSA) is 88.2 Å². The van der Waals surface area contributed by atoms with Gasteiger partial charge in [0.05, 0.1) is 34.8 Å². The molecule has 2 aromatic heterocycles. The van der Waals surface area contributed by atoms with Gasteiger partial charge in [0.1, 0.15) is 11.6 Å². The maximum Gasteiger partial charge on any atom is 0.258 e. The molecule has 0 aliphatic heterocycles. The van der Waals surface area contributed by atoms with E-state index >= 15 is 0 Å². The van der Waals surface area contributed by atoms with E-state index < -0.39 is 0 Å². The molecule has 5 rings (SSSR count). The fourth-order valence-electron chi connectivity index (χ4n) is 3.96. The number of fused-ring (bicyclic) bond motifs is 2. The minimum Gasteiger partial charge on any atom is -0.497 e. The summed E-state index contributed by atoms with van der Waals surface area (Å²) in [7, 11) is 1.63. The summed E-state index contributed by atoms with van der Waals surface area (Å²) in [5.74, 6) is 1.32. The Morgan fingerprint density at radius 3 is 2.63 bits per heavy atom. The van der Waals surface area contributed by atoms with Crippen molar-refractivity contribution in [3.63, 3.8) is 0 Å². The van der Waals surface area contributed by atoms with Crippen molar-refractivity contribution < 1.29 is 9.53 Å². The van der Waals surface area contributed by atoms with Crippen LogP contribution in [0.1, 0.15) is 24.2 Å². The van der Waals surface area contributed by atoms with Gasteiger partial charge in [-0.1, -0.05) is 53.8 Å². The van der Waals surface area contributed by atoms with E-state index in [4.69, 9.17) is 9.72 Å². The third-order valence-corrected chi connectivity index (χ3v) is 6.81. The van der Waals surface area contributed by atoms with Gasteiger partial charge in [0, 0.05) is 12.8 Å². The van der Waals surface area contributed by atoms with Crippen LogP contribution in [-0.2, 0) is 17.8 Å². The standard InChI is InChI=1S/C27H24N4O3S/c1-34-19-14-15-22-23(16-19)35-27(29-22)31(17-18-8-3-2-4-9-18)25(32)13-7-12-24-28-21-11-6-5-10-20(21)26(33)30-24/h2-6,8-11,14-16H,7,12-13,17H2,1H3,(H,28,30,33). The number of benzene rings is 3. The number of aromatic amines is 1. The lowest BCUT2D eigenvalue weighted by Gasteiger charge is -2.20. The normalized spacial score (nSPS) is 11.1. The zero-order valence-corrected chi connectivity index (χ0v) is 20.0. The number of para-hydroxylation sites is 1. The van der Waals surface area contributed by atoms with Gasteiger partial charge in [0.2, 0.25) is 5.91 Å². The van der Waals surface area contributed by atoms with E-state index in [0.717, 1.165) is 21.5 Å². The van der Waals surface area contributed by atoms with E-state index in [1.807, 2.05) is 66.7 Å². The summed E-state index contributed by atoms with van der Waals surface area (Å²) in [6.45, 7) is 0.432. The van der Waals surface area contributed by atoms with Gasteiger partial charge in [0.15, 0.2) is 5.13 Å². The minimum absolute atomic E-state index is 0.0250. The van der Waals surface area contributed by atoms with Crippen LogP contribution in [0.5, 0.6) is 5.75 Å². The van der Waals surface area contributed by atoms with Gasteiger partial charge in [-0.25, -0.2) is 9.97 Å². The Hall–Kier alpha value is -4.04. The first-order valence-electron chi connectivity index (χ1n) is 11.4. The number of thiazole rings is 1. The molecule has 5 aromatic rings. The first-order valence-corrected chi connectivity index (χ1v) is 12.2. The van der Waals surface area contributed by atoms with Crippen molar-refractivity contribution in [3.8, 4) is 5.75 Å². The van der Waals surface area contributed by atoms with E-state index in [1.165, 1.54) is 11.3 Å². The number of anilines is 1. The molecule has 176 valence electrons. The van der Waals surface area contributed by atoms with Gasteiger partial charge in [-0.15, -0.1) is 0 Å². The van der Waals surface area contributed by atoms with Crippen LogP contribution < -0.4 is 15.2 Å². The third kappa shape index (κ3) is 5.07. The second kappa shape index (κ2) is 10.1. The highest BCUT2D eigenvalue weighted by Crippen LogP contribution is 2.32. The van der Waals surface area contributed by atoms with Gasteiger partial charge in [-0.3, -0.25) is 14.5 Å². The van der Waals surface area contributed by atoms with Crippen molar-refractivity contribution >= 4 is 43.5 Å². The Balaban J connectivity index is 1.35. The summed E-state index contributed by atoms with van der Waals surface area (Å²) < 4.78 is 6.29. The first-order chi connectivity index (χ1) is 17.1. The lowest BCUT2D eigenvalue weighted by atomic mass is 10.1. The number of carbonyl (C=O) groups excluding carboxylic acids is 1. The Morgan fingerprint density at radius 2 is 1.80 bits per heavy atom. The molecule has 3 aromatic carbocycles. The molecule has 0 saturated heterocycles. The van der Waals surface area contributed by atoms with Crippen molar-refractivity contribution in [2.75, 3.05) is 12.0 Å². The van der Waals surface area contributed by atoms with Crippen LogP contribution in [-0.4, -0.2) is 28.0 Å². The van der Waals surface area contributed by atoms with Crippen molar-refractivity contribution in [1.82, 2.24) is 15.0 Å². The van der Waals surface area contributed by atoms with Crippen LogP contribution in [0.15, 0.2) is 77.6 Å². The molecular formula is C27H24N4O3S. The Labute approximate surface area is 206 Å². The quantitative estimate of drug-likeness (QED) is 0.331. The summed E-state index contributed by atoms with van der Waals surface area (Å²) in [5, 5.41) is 1.22. The van der Waals surface area contributed by atoms with Crippen molar-refractivity contribution in [1.29, 1.82) is 0 Å². The summed E-state index contributed by atoms with van der Waals surface area (Å²) in [6.07, 6.45) is 1.37.